The molecule has 0 saturated heterocycles. The molecule has 0 saturated carbocycles. The Morgan fingerprint density at radius 3 is 1.61 bits per heavy atom. The van der Waals surface area contributed by atoms with Gasteiger partial charge in [-0.25, -0.2) is 0 Å². The zero-order chi connectivity index (χ0) is 22.4. The van der Waals surface area contributed by atoms with Crippen LogP contribution >= 0.6 is 49.6 Å². The lowest BCUT2D eigenvalue weighted by atomic mass is 9.94. The second kappa shape index (κ2) is 25.0. The van der Waals surface area contributed by atoms with Gasteiger partial charge in [0.2, 0.25) is 0 Å². The molecular weight excluding hydrogens is 522 g/mol. The van der Waals surface area contributed by atoms with E-state index >= 15 is 0 Å². The number of ether oxygens (including phenoxy) is 1. The topological polar surface area (TPSA) is 208 Å². The number of hydrogen-bond acceptors (Lipinski definition) is 9. The summed E-state index contributed by atoms with van der Waals surface area (Å²) in [5.41, 5.74) is 23.5. The van der Waals surface area contributed by atoms with E-state index in [-0.39, 0.29) is 99.8 Å². The van der Waals surface area contributed by atoms with Crippen LogP contribution in [-0.4, -0.2) is 70.2 Å². The van der Waals surface area contributed by atoms with Gasteiger partial charge in [-0.05, 0) is 45.4 Å². The average Bonchev–Trinajstić information content (AvgIpc) is 2.52. The summed E-state index contributed by atoms with van der Waals surface area (Å²) in [6, 6.07) is -1.57. The molecule has 0 aromatic heterocycles. The van der Waals surface area contributed by atoms with E-state index in [1.165, 1.54) is 0 Å². The number of hydrogen-bond donors (Lipinski definition) is 7. The lowest BCUT2D eigenvalue weighted by Gasteiger charge is -2.22. The lowest BCUT2D eigenvalue weighted by molar-refractivity contribution is -0.143. The molecule has 6 atom stereocenters. The summed E-state index contributed by atoms with van der Waals surface area (Å²) >= 11 is 0. The maximum Gasteiger partial charge on any atom is 0.307 e. The van der Waals surface area contributed by atoms with Gasteiger partial charge < -0.3 is 43.0 Å². The van der Waals surface area contributed by atoms with Crippen LogP contribution in [0.25, 0.3) is 0 Å². The minimum absolute atomic E-state index is 0. The maximum atomic E-state index is 11.4. The van der Waals surface area contributed by atoms with Crippen molar-refractivity contribution in [2.45, 2.75) is 101 Å². The summed E-state index contributed by atoms with van der Waals surface area (Å²) in [6.45, 7) is 2.08. The van der Waals surface area contributed by atoms with Crippen LogP contribution in [0.5, 0.6) is 0 Å². The van der Waals surface area contributed by atoms with Gasteiger partial charge in [0.25, 0.3) is 0 Å². The van der Waals surface area contributed by atoms with Gasteiger partial charge in [0.15, 0.2) is 0 Å². The number of halogens is 4. The molecule has 10 nitrogen and oxygen atoms in total. The third-order valence-electron chi connectivity index (χ3n) is 4.62. The molecular formula is C19H44Cl4N4O6. The second-order valence-electron chi connectivity index (χ2n) is 7.83. The number of aliphatic hydroxyl groups excluding tert-OH is 2. The Kier molecular flexibility index (Phi) is 32.5. The molecule has 0 aliphatic carbocycles. The third kappa shape index (κ3) is 26.3. The molecule has 0 aromatic carbocycles. The number of nitrogens with two attached hydrogens (primary N) is 4. The van der Waals surface area contributed by atoms with Crippen molar-refractivity contribution in [1.29, 1.82) is 0 Å². The molecule has 0 fully saturated rings. The zero-order valence-electron chi connectivity index (χ0n) is 19.0. The summed E-state index contributed by atoms with van der Waals surface area (Å²) in [5.74, 6) is -1.32. The third-order valence-corrected chi connectivity index (χ3v) is 4.62. The summed E-state index contributed by atoms with van der Waals surface area (Å²) in [7, 11) is 0. The molecule has 14 heteroatoms. The van der Waals surface area contributed by atoms with Crippen LogP contribution in [0.3, 0.4) is 0 Å². The molecule has 0 aliphatic heterocycles. The number of carbonyl (C=O) groups excluding carboxylic acids is 1. The minimum atomic E-state index is -1.01. The molecule has 33 heavy (non-hydrogen) atoms. The van der Waals surface area contributed by atoms with E-state index in [0.29, 0.717) is 25.9 Å². The first-order chi connectivity index (χ1) is 13.5. The predicted molar refractivity (Wildman–Crippen MR) is 139 cm³/mol. The van der Waals surface area contributed by atoms with Crippen molar-refractivity contribution in [3.8, 4) is 0 Å². The van der Waals surface area contributed by atoms with Crippen molar-refractivity contribution in [1.82, 2.24) is 0 Å². The Bertz CT molecular complexity index is 486. The Balaban J connectivity index is -0.000000653. The van der Waals surface area contributed by atoms with E-state index < -0.39 is 30.3 Å². The molecule has 0 aliphatic rings. The highest BCUT2D eigenvalue weighted by molar-refractivity contribution is 5.86. The van der Waals surface area contributed by atoms with Gasteiger partial charge in [0.05, 0.1) is 31.7 Å². The van der Waals surface area contributed by atoms with Crippen LogP contribution in [0.4, 0.5) is 0 Å². The Hall–Kier alpha value is -0.140. The van der Waals surface area contributed by atoms with Gasteiger partial charge in [0, 0.05) is 24.2 Å². The summed E-state index contributed by atoms with van der Waals surface area (Å²) in [4.78, 5) is 21.9. The minimum Gasteiger partial charge on any atom is -0.481 e. The Morgan fingerprint density at radius 2 is 1.15 bits per heavy atom. The SMILES string of the molecule is CCOC(=O)CC(N)CCCC(N)CC(O)CC(N)CC(O)CC(N)CC(=O)O.Cl.Cl.Cl.Cl. The molecule has 0 rings (SSSR count). The number of esters is 1. The quantitative estimate of drug-likeness (QED) is 0.124. The number of rotatable bonds is 17. The number of carboxylic acid groups (broad SMARTS) is 1. The smallest absolute Gasteiger partial charge is 0.307 e. The van der Waals surface area contributed by atoms with E-state index in [4.69, 9.17) is 32.8 Å². The summed E-state index contributed by atoms with van der Waals surface area (Å²) < 4.78 is 4.86. The fourth-order valence-electron chi connectivity index (χ4n) is 3.29. The first-order valence-corrected chi connectivity index (χ1v) is 10.3. The van der Waals surface area contributed by atoms with E-state index in [1.807, 2.05) is 0 Å². The molecule has 0 spiro atoms. The molecule has 0 amide bonds. The first-order valence-electron chi connectivity index (χ1n) is 10.3. The summed E-state index contributed by atoms with van der Waals surface area (Å²) in [5, 5.41) is 28.8. The number of aliphatic hydroxyl groups is 2. The van der Waals surface area contributed by atoms with Crippen LogP contribution in [0, 0.1) is 0 Å². The fourth-order valence-corrected chi connectivity index (χ4v) is 3.29. The van der Waals surface area contributed by atoms with Crippen molar-refractivity contribution >= 4 is 61.6 Å². The van der Waals surface area contributed by atoms with Gasteiger partial charge >= 0.3 is 11.9 Å². The Morgan fingerprint density at radius 1 is 0.727 bits per heavy atom. The molecule has 6 unspecified atom stereocenters. The molecule has 0 bridgehead atoms. The molecule has 0 heterocycles. The van der Waals surface area contributed by atoms with E-state index in [0.717, 1.165) is 6.42 Å². The number of aliphatic carboxylic acids is 1. The van der Waals surface area contributed by atoms with Crippen molar-refractivity contribution in [3.05, 3.63) is 0 Å². The van der Waals surface area contributed by atoms with Gasteiger partial charge in [-0.2, -0.15) is 0 Å². The van der Waals surface area contributed by atoms with Crippen LogP contribution in [0.1, 0.15) is 64.7 Å². The summed E-state index contributed by atoms with van der Waals surface area (Å²) in [6.07, 6.45) is 1.50. The Labute approximate surface area is 221 Å². The number of carbonyl (C=O) groups is 2. The largest absolute Gasteiger partial charge is 0.481 e. The highest BCUT2D eigenvalue weighted by Gasteiger charge is 2.20. The van der Waals surface area contributed by atoms with Crippen LogP contribution in [0.15, 0.2) is 0 Å². The average molecular weight is 566 g/mol. The van der Waals surface area contributed by atoms with Gasteiger partial charge in [-0.1, -0.05) is 6.42 Å². The standard InChI is InChI=1S/C19H40N4O6.4ClH/c1-2-29-19(28)11-13(21)5-3-4-12(20)6-16(24)7-14(22)8-17(25)9-15(23)10-18(26)27;;;;/h12-17,24-25H,2-11,20-23H2,1H3,(H,26,27);4*1H. The van der Waals surface area contributed by atoms with Gasteiger partial charge in [-0.3, -0.25) is 9.59 Å². The molecule has 11 N–H and O–H groups in total. The number of carboxylic acids is 1. The highest BCUT2D eigenvalue weighted by Crippen LogP contribution is 2.14. The monoisotopic (exact) mass is 564 g/mol. The second-order valence-corrected chi connectivity index (χ2v) is 7.83. The highest BCUT2D eigenvalue weighted by atomic mass is 35.5. The molecule has 0 radical (unpaired) electrons. The van der Waals surface area contributed by atoms with Crippen LogP contribution in [-0.2, 0) is 14.3 Å². The van der Waals surface area contributed by atoms with Gasteiger partial charge in [0.1, 0.15) is 0 Å². The zero-order valence-corrected chi connectivity index (χ0v) is 22.3. The molecule has 0 aromatic rings. The van der Waals surface area contributed by atoms with Crippen LogP contribution < -0.4 is 22.9 Å². The van der Waals surface area contributed by atoms with Crippen molar-refractivity contribution in [2.24, 2.45) is 22.9 Å². The van der Waals surface area contributed by atoms with Crippen molar-refractivity contribution in [3.63, 3.8) is 0 Å². The van der Waals surface area contributed by atoms with Crippen molar-refractivity contribution in [2.75, 3.05) is 6.61 Å². The van der Waals surface area contributed by atoms with Crippen LogP contribution in [0.2, 0.25) is 0 Å². The molecule has 204 valence electrons. The van der Waals surface area contributed by atoms with E-state index in [9.17, 15) is 19.8 Å². The van der Waals surface area contributed by atoms with E-state index in [2.05, 4.69) is 0 Å². The van der Waals surface area contributed by atoms with E-state index in [1.54, 1.807) is 6.92 Å². The fraction of sp³-hybridized carbons (Fsp3) is 0.895. The first kappa shape index (κ1) is 43.0. The van der Waals surface area contributed by atoms with Crippen molar-refractivity contribution < 1.29 is 29.6 Å². The normalized spacial score (nSPS) is 15.6. The maximum absolute atomic E-state index is 11.4. The van der Waals surface area contributed by atoms with Gasteiger partial charge in [-0.15, -0.1) is 49.6 Å². The predicted octanol–water partition coefficient (Wildman–Crippen LogP) is 0.863. The lowest BCUT2D eigenvalue weighted by Crippen LogP contribution is -2.36.